The molecule has 0 spiro atoms. The number of nitrogens with one attached hydrogen (secondary N) is 1. The summed E-state index contributed by atoms with van der Waals surface area (Å²) in [5.41, 5.74) is 1.97. The third-order valence-electron chi connectivity index (χ3n) is 3.27. The Kier molecular flexibility index (Phi) is 6.41. The van der Waals surface area contributed by atoms with E-state index in [0.717, 1.165) is 30.0 Å². The van der Waals surface area contributed by atoms with Gasteiger partial charge in [-0.15, -0.1) is 0 Å². The first-order valence-electron chi connectivity index (χ1n) is 7.45. The van der Waals surface area contributed by atoms with Crippen molar-refractivity contribution < 1.29 is 4.74 Å². The number of halogens is 2. The molecule has 4 heteroatoms. The van der Waals surface area contributed by atoms with Crippen molar-refractivity contribution >= 4 is 28.9 Å². The molecular weight excluding hydrogens is 317 g/mol. The van der Waals surface area contributed by atoms with Crippen LogP contribution >= 0.6 is 23.2 Å². The molecule has 0 atom stereocenters. The lowest BCUT2D eigenvalue weighted by Gasteiger charge is -2.11. The van der Waals surface area contributed by atoms with Crippen LogP contribution < -0.4 is 10.1 Å². The van der Waals surface area contributed by atoms with E-state index in [4.69, 9.17) is 27.9 Å². The molecule has 2 rings (SSSR count). The number of benzene rings is 2. The van der Waals surface area contributed by atoms with Crippen LogP contribution in [-0.4, -0.2) is 6.61 Å². The molecule has 0 fully saturated rings. The summed E-state index contributed by atoms with van der Waals surface area (Å²) in [6.07, 6.45) is 1.06. The molecule has 0 radical (unpaired) electrons. The molecule has 2 nitrogen and oxygen atoms in total. The lowest BCUT2D eigenvalue weighted by atomic mass is 10.1. The summed E-state index contributed by atoms with van der Waals surface area (Å²) >= 11 is 12.1. The van der Waals surface area contributed by atoms with Gasteiger partial charge in [-0.3, -0.25) is 0 Å². The van der Waals surface area contributed by atoms with Gasteiger partial charge in [0.05, 0.1) is 17.3 Å². The summed E-state index contributed by atoms with van der Waals surface area (Å²) in [4.78, 5) is 0. The Bertz CT molecular complexity index is 614. The van der Waals surface area contributed by atoms with E-state index in [0.29, 0.717) is 22.5 Å². The summed E-state index contributed by atoms with van der Waals surface area (Å²) in [7, 11) is 0. The molecule has 118 valence electrons. The van der Waals surface area contributed by atoms with Gasteiger partial charge < -0.3 is 10.1 Å². The Morgan fingerprint density at radius 2 is 1.91 bits per heavy atom. The maximum absolute atomic E-state index is 6.15. The minimum absolute atomic E-state index is 0.648. The van der Waals surface area contributed by atoms with Gasteiger partial charge in [0.25, 0.3) is 0 Å². The Hall–Kier alpha value is -1.38. The van der Waals surface area contributed by atoms with Crippen molar-refractivity contribution in [2.45, 2.75) is 26.8 Å². The van der Waals surface area contributed by atoms with Crippen LogP contribution in [0.4, 0.5) is 5.69 Å². The van der Waals surface area contributed by atoms with Gasteiger partial charge in [0, 0.05) is 11.6 Å². The van der Waals surface area contributed by atoms with Crippen molar-refractivity contribution in [3.05, 3.63) is 58.1 Å². The van der Waals surface area contributed by atoms with Gasteiger partial charge in [-0.25, -0.2) is 0 Å². The largest absolute Gasteiger partial charge is 0.494 e. The van der Waals surface area contributed by atoms with E-state index in [-0.39, 0.29) is 0 Å². The third kappa shape index (κ3) is 5.43. The van der Waals surface area contributed by atoms with Crippen LogP contribution in [0.2, 0.25) is 10.0 Å². The van der Waals surface area contributed by atoms with Crippen molar-refractivity contribution in [3.8, 4) is 5.75 Å². The van der Waals surface area contributed by atoms with Gasteiger partial charge in [0.1, 0.15) is 5.75 Å². The SMILES string of the molecule is CC(C)CCOc1cccc(CNc2cc(Cl)ccc2Cl)c1. The number of ether oxygens (including phenoxy) is 1. The first kappa shape index (κ1) is 17.0. The second-order valence-corrected chi connectivity index (χ2v) is 6.50. The monoisotopic (exact) mass is 337 g/mol. The molecule has 0 aliphatic rings. The van der Waals surface area contributed by atoms with Crippen LogP contribution in [0.25, 0.3) is 0 Å². The molecule has 0 saturated carbocycles. The first-order chi connectivity index (χ1) is 10.5. The molecule has 22 heavy (non-hydrogen) atoms. The lowest BCUT2D eigenvalue weighted by molar-refractivity contribution is 0.289. The maximum atomic E-state index is 6.15. The molecule has 0 aliphatic heterocycles. The molecule has 1 N–H and O–H groups in total. The molecular formula is C18H21Cl2NO. The minimum Gasteiger partial charge on any atom is -0.494 e. The van der Waals surface area contributed by atoms with E-state index in [1.165, 1.54) is 0 Å². The fraction of sp³-hybridized carbons (Fsp3) is 0.333. The summed E-state index contributed by atoms with van der Waals surface area (Å²) < 4.78 is 5.78. The Morgan fingerprint density at radius 3 is 2.68 bits per heavy atom. The highest BCUT2D eigenvalue weighted by Crippen LogP contribution is 2.26. The topological polar surface area (TPSA) is 21.3 Å². The Labute approximate surface area is 142 Å². The fourth-order valence-corrected chi connectivity index (χ4v) is 2.34. The van der Waals surface area contributed by atoms with Gasteiger partial charge in [0.2, 0.25) is 0 Å². The number of hydrogen-bond donors (Lipinski definition) is 1. The van der Waals surface area contributed by atoms with Crippen LogP contribution in [-0.2, 0) is 6.54 Å². The molecule has 0 aromatic heterocycles. The summed E-state index contributed by atoms with van der Waals surface area (Å²) in [6.45, 7) is 5.80. The quantitative estimate of drug-likeness (QED) is 0.665. The van der Waals surface area contributed by atoms with Gasteiger partial charge in [0.15, 0.2) is 0 Å². The smallest absolute Gasteiger partial charge is 0.119 e. The van der Waals surface area contributed by atoms with Crippen molar-refractivity contribution in [1.29, 1.82) is 0 Å². The minimum atomic E-state index is 0.648. The molecule has 0 unspecified atom stereocenters. The Morgan fingerprint density at radius 1 is 1.09 bits per heavy atom. The molecule has 0 aliphatic carbocycles. The zero-order valence-corrected chi connectivity index (χ0v) is 14.4. The maximum Gasteiger partial charge on any atom is 0.119 e. The van der Waals surface area contributed by atoms with E-state index in [2.05, 4.69) is 25.2 Å². The molecule has 0 heterocycles. The molecule has 0 amide bonds. The fourth-order valence-electron chi connectivity index (χ4n) is 1.99. The highest BCUT2D eigenvalue weighted by molar-refractivity contribution is 6.35. The highest BCUT2D eigenvalue weighted by atomic mass is 35.5. The molecule has 2 aromatic rings. The second kappa shape index (κ2) is 8.30. The normalized spacial score (nSPS) is 10.8. The first-order valence-corrected chi connectivity index (χ1v) is 8.21. The van der Waals surface area contributed by atoms with Crippen LogP contribution in [0.5, 0.6) is 5.75 Å². The van der Waals surface area contributed by atoms with Crippen molar-refractivity contribution in [1.82, 2.24) is 0 Å². The molecule has 0 bridgehead atoms. The van der Waals surface area contributed by atoms with Gasteiger partial charge in [-0.1, -0.05) is 49.2 Å². The van der Waals surface area contributed by atoms with Crippen LogP contribution in [0.1, 0.15) is 25.8 Å². The lowest BCUT2D eigenvalue weighted by Crippen LogP contribution is -2.03. The van der Waals surface area contributed by atoms with Crippen molar-refractivity contribution in [3.63, 3.8) is 0 Å². The Balaban J connectivity index is 1.94. The van der Waals surface area contributed by atoms with Crippen LogP contribution in [0, 0.1) is 5.92 Å². The number of hydrogen-bond acceptors (Lipinski definition) is 2. The van der Waals surface area contributed by atoms with E-state index < -0.39 is 0 Å². The predicted molar refractivity (Wildman–Crippen MR) is 95.2 cm³/mol. The zero-order valence-electron chi connectivity index (χ0n) is 12.9. The van der Waals surface area contributed by atoms with Crippen molar-refractivity contribution in [2.75, 3.05) is 11.9 Å². The van der Waals surface area contributed by atoms with E-state index in [1.807, 2.05) is 24.3 Å². The number of anilines is 1. The van der Waals surface area contributed by atoms with E-state index in [1.54, 1.807) is 12.1 Å². The standard InChI is InChI=1S/C18H21Cl2NO/c1-13(2)8-9-22-16-5-3-4-14(10-16)12-21-18-11-15(19)6-7-17(18)20/h3-7,10-11,13,21H,8-9,12H2,1-2H3. The second-order valence-electron chi connectivity index (χ2n) is 5.66. The predicted octanol–water partition coefficient (Wildman–Crippen LogP) is 6.03. The summed E-state index contributed by atoms with van der Waals surface area (Å²) in [6, 6.07) is 13.5. The van der Waals surface area contributed by atoms with Gasteiger partial charge in [-0.2, -0.15) is 0 Å². The zero-order chi connectivity index (χ0) is 15.9. The number of rotatable bonds is 7. The van der Waals surface area contributed by atoms with Gasteiger partial charge >= 0.3 is 0 Å². The highest BCUT2D eigenvalue weighted by Gasteiger charge is 2.03. The molecule has 2 aromatic carbocycles. The van der Waals surface area contributed by atoms with E-state index >= 15 is 0 Å². The molecule has 0 saturated heterocycles. The van der Waals surface area contributed by atoms with E-state index in [9.17, 15) is 0 Å². The van der Waals surface area contributed by atoms with Crippen LogP contribution in [0.15, 0.2) is 42.5 Å². The average molecular weight is 338 g/mol. The van der Waals surface area contributed by atoms with Crippen LogP contribution in [0.3, 0.4) is 0 Å². The van der Waals surface area contributed by atoms with Gasteiger partial charge in [-0.05, 0) is 48.2 Å². The third-order valence-corrected chi connectivity index (χ3v) is 3.84. The average Bonchev–Trinajstić information content (AvgIpc) is 2.48. The van der Waals surface area contributed by atoms with Crippen molar-refractivity contribution in [2.24, 2.45) is 5.92 Å². The summed E-state index contributed by atoms with van der Waals surface area (Å²) in [5.74, 6) is 1.55. The summed E-state index contributed by atoms with van der Waals surface area (Å²) in [5, 5.41) is 4.63.